The van der Waals surface area contributed by atoms with E-state index in [2.05, 4.69) is 5.48 Å². The lowest BCUT2D eigenvalue weighted by molar-refractivity contribution is -0.148. The number of rotatable bonds is 6. The van der Waals surface area contributed by atoms with E-state index in [1.54, 1.807) is 38.1 Å². The second kappa shape index (κ2) is 7.29. The Balaban J connectivity index is 1.86. The van der Waals surface area contributed by atoms with Crippen LogP contribution in [-0.2, 0) is 16.2 Å². The van der Waals surface area contributed by atoms with Crippen molar-refractivity contribution in [3.8, 4) is 5.75 Å². The van der Waals surface area contributed by atoms with Gasteiger partial charge >= 0.3 is 0 Å². The Hall–Kier alpha value is -2.04. The summed E-state index contributed by atoms with van der Waals surface area (Å²) in [5.41, 5.74) is 2.32. The van der Waals surface area contributed by atoms with Crippen LogP contribution in [0.3, 0.4) is 0 Å². The van der Waals surface area contributed by atoms with E-state index in [0.29, 0.717) is 17.4 Å². The molecule has 0 atom stereocenters. The summed E-state index contributed by atoms with van der Waals surface area (Å²) in [5.74, 6) is 0.200. The standard InChI is InChI=1S/C17H18ClNO3/c1-17(2,22-15-10-8-14(18)9-11-15)16(20)19-21-12-13-6-4-3-5-7-13/h3-11H,12H2,1-2H3,(H,19,20). The van der Waals surface area contributed by atoms with Crippen molar-refractivity contribution in [3.63, 3.8) is 0 Å². The predicted molar refractivity (Wildman–Crippen MR) is 85.5 cm³/mol. The minimum atomic E-state index is -1.06. The third-order valence-corrected chi connectivity index (χ3v) is 3.23. The summed E-state index contributed by atoms with van der Waals surface area (Å²) in [6.45, 7) is 3.63. The Morgan fingerprint density at radius 2 is 1.73 bits per heavy atom. The minimum Gasteiger partial charge on any atom is -0.478 e. The van der Waals surface area contributed by atoms with Crippen LogP contribution in [0.5, 0.6) is 5.75 Å². The highest BCUT2D eigenvalue weighted by molar-refractivity contribution is 6.30. The molecule has 116 valence electrons. The van der Waals surface area contributed by atoms with Crippen LogP contribution in [0.25, 0.3) is 0 Å². The van der Waals surface area contributed by atoms with Gasteiger partial charge in [0.05, 0.1) is 6.61 Å². The molecule has 0 aliphatic rings. The third-order valence-electron chi connectivity index (χ3n) is 2.98. The smallest absolute Gasteiger partial charge is 0.287 e. The molecule has 0 aromatic heterocycles. The molecule has 0 heterocycles. The number of hydrogen-bond acceptors (Lipinski definition) is 3. The molecule has 0 fully saturated rings. The first-order chi connectivity index (χ1) is 10.5. The zero-order valence-electron chi connectivity index (χ0n) is 12.5. The van der Waals surface area contributed by atoms with Gasteiger partial charge in [0.2, 0.25) is 0 Å². The van der Waals surface area contributed by atoms with Gasteiger partial charge < -0.3 is 4.74 Å². The lowest BCUT2D eigenvalue weighted by Crippen LogP contribution is -2.46. The normalized spacial score (nSPS) is 11.0. The Labute approximate surface area is 135 Å². The average molecular weight is 320 g/mol. The molecule has 1 N–H and O–H groups in total. The highest BCUT2D eigenvalue weighted by atomic mass is 35.5. The fourth-order valence-electron chi connectivity index (χ4n) is 1.73. The molecule has 1 amide bonds. The molecule has 0 aliphatic carbocycles. The number of benzene rings is 2. The number of amides is 1. The first-order valence-corrected chi connectivity index (χ1v) is 7.26. The first-order valence-electron chi connectivity index (χ1n) is 6.88. The Kier molecular flexibility index (Phi) is 5.41. The largest absolute Gasteiger partial charge is 0.478 e. The second-order valence-corrected chi connectivity index (χ2v) is 5.71. The Bertz CT molecular complexity index is 612. The lowest BCUT2D eigenvalue weighted by Gasteiger charge is -2.25. The SMILES string of the molecule is CC(C)(Oc1ccc(Cl)cc1)C(=O)NOCc1ccccc1. The molecule has 2 aromatic rings. The van der Waals surface area contributed by atoms with Gasteiger partial charge in [0.25, 0.3) is 5.91 Å². The van der Waals surface area contributed by atoms with Crippen molar-refractivity contribution in [1.29, 1.82) is 0 Å². The van der Waals surface area contributed by atoms with Crippen molar-refractivity contribution in [1.82, 2.24) is 5.48 Å². The van der Waals surface area contributed by atoms with Gasteiger partial charge in [-0.15, -0.1) is 0 Å². The number of carbonyl (C=O) groups excluding carboxylic acids is 1. The molecular weight excluding hydrogens is 302 g/mol. The summed E-state index contributed by atoms with van der Waals surface area (Å²) in [6, 6.07) is 16.4. The number of hydrogen-bond donors (Lipinski definition) is 1. The first kappa shape index (κ1) is 16.3. The van der Waals surface area contributed by atoms with Crippen molar-refractivity contribution in [2.24, 2.45) is 0 Å². The lowest BCUT2D eigenvalue weighted by atomic mass is 10.1. The highest BCUT2D eigenvalue weighted by Crippen LogP contribution is 2.21. The molecule has 0 aliphatic heterocycles. The number of halogens is 1. The van der Waals surface area contributed by atoms with Gasteiger partial charge in [0.15, 0.2) is 5.60 Å². The third kappa shape index (κ3) is 4.76. The minimum absolute atomic E-state index is 0.295. The van der Waals surface area contributed by atoms with E-state index in [-0.39, 0.29) is 5.91 Å². The van der Waals surface area contributed by atoms with Crippen molar-refractivity contribution in [3.05, 3.63) is 65.2 Å². The fraction of sp³-hybridized carbons (Fsp3) is 0.235. The molecule has 4 nitrogen and oxygen atoms in total. The number of hydroxylamine groups is 1. The van der Waals surface area contributed by atoms with Crippen LogP contribution in [0.15, 0.2) is 54.6 Å². The highest BCUT2D eigenvalue weighted by Gasteiger charge is 2.30. The van der Waals surface area contributed by atoms with E-state index in [1.807, 2.05) is 30.3 Å². The van der Waals surface area contributed by atoms with Gasteiger partial charge in [-0.25, -0.2) is 5.48 Å². The van der Waals surface area contributed by atoms with Crippen molar-refractivity contribution in [2.75, 3.05) is 0 Å². The fourth-order valence-corrected chi connectivity index (χ4v) is 1.85. The summed E-state index contributed by atoms with van der Waals surface area (Å²) in [5, 5.41) is 0.612. The summed E-state index contributed by atoms with van der Waals surface area (Å²) >= 11 is 5.82. The average Bonchev–Trinajstić information content (AvgIpc) is 2.50. The van der Waals surface area contributed by atoms with Gasteiger partial charge in [-0.05, 0) is 43.7 Å². The van der Waals surface area contributed by atoms with Gasteiger partial charge in [0.1, 0.15) is 5.75 Å². The van der Waals surface area contributed by atoms with E-state index < -0.39 is 5.60 Å². The van der Waals surface area contributed by atoms with Crippen LogP contribution < -0.4 is 10.2 Å². The molecule has 2 aromatic carbocycles. The number of carbonyl (C=O) groups is 1. The second-order valence-electron chi connectivity index (χ2n) is 5.27. The maximum atomic E-state index is 12.1. The zero-order chi connectivity index (χ0) is 16.0. The molecule has 0 bridgehead atoms. The van der Waals surface area contributed by atoms with Gasteiger partial charge in [0, 0.05) is 5.02 Å². The zero-order valence-corrected chi connectivity index (χ0v) is 13.3. The molecule has 0 spiro atoms. The summed E-state index contributed by atoms with van der Waals surface area (Å²) in [6.07, 6.45) is 0. The van der Waals surface area contributed by atoms with Crippen molar-refractivity contribution < 1.29 is 14.4 Å². The van der Waals surface area contributed by atoms with Gasteiger partial charge in [-0.2, -0.15) is 0 Å². The van der Waals surface area contributed by atoms with Gasteiger partial charge in [-0.1, -0.05) is 41.9 Å². The van der Waals surface area contributed by atoms with Crippen LogP contribution in [0, 0.1) is 0 Å². The van der Waals surface area contributed by atoms with E-state index in [4.69, 9.17) is 21.2 Å². The molecule has 0 radical (unpaired) electrons. The summed E-state index contributed by atoms with van der Waals surface area (Å²) < 4.78 is 5.67. The molecule has 0 saturated heterocycles. The van der Waals surface area contributed by atoms with E-state index in [9.17, 15) is 4.79 Å². The molecule has 0 saturated carbocycles. The Morgan fingerprint density at radius 3 is 2.36 bits per heavy atom. The topological polar surface area (TPSA) is 47.6 Å². The van der Waals surface area contributed by atoms with E-state index >= 15 is 0 Å². The van der Waals surface area contributed by atoms with Crippen LogP contribution in [0.4, 0.5) is 0 Å². The molecule has 22 heavy (non-hydrogen) atoms. The van der Waals surface area contributed by atoms with Crippen molar-refractivity contribution in [2.45, 2.75) is 26.1 Å². The van der Waals surface area contributed by atoms with Crippen molar-refractivity contribution >= 4 is 17.5 Å². The van der Waals surface area contributed by atoms with E-state index in [1.165, 1.54) is 0 Å². The van der Waals surface area contributed by atoms with Crippen LogP contribution in [0.1, 0.15) is 19.4 Å². The maximum absolute atomic E-state index is 12.1. The number of nitrogens with one attached hydrogen (secondary N) is 1. The quantitative estimate of drug-likeness (QED) is 0.825. The predicted octanol–water partition coefficient (Wildman–Crippen LogP) is 3.75. The number of ether oxygens (including phenoxy) is 1. The van der Waals surface area contributed by atoms with Crippen LogP contribution >= 0.6 is 11.6 Å². The molecule has 2 rings (SSSR count). The summed E-state index contributed by atoms with van der Waals surface area (Å²) in [4.78, 5) is 17.4. The molecular formula is C17H18ClNO3. The van der Waals surface area contributed by atoms with Crippen LogP contribution in [0.2, 0.25) is 5.02 Å². The monoisotopic (exact) mass is 319 g/mol. The van der Waals surface area contributed by atoms with Crippen LogP contribution in [-0.4, -0.2) is 11.5 Å². The van der Waals surface area contributed by atoms with E-state index in [0.717, 1.165) is 5.56 Å². The molecule has 0 unspecified atom stereocenters. The molecule has 5 heteroatoms. The van der Waals surface area contributed by atoms with Gasteiger partial charge in [-0.3, -0.25) is 9.63 Å². The summed E-state index contributed by atoms with van der Waals surface area (Å²) in [7, 11) is 0. The Morgan fingerprint density at radius 1 is 1.09 bits per heavy atom. The maximum Gasteiger partial charge on any atom is 0.287 e.